The van der Waals surface area contributed by atoms with E-state index in [1.54, 1.807) is 17.6 Å². The Hall–Kier alpha value is -6.39. The highest BCUT2D eigenvalue weighted by atomic mass is 16.6. The lowest BCUT2D eigenvalue weighted by molar-refractivity contribution is -0.172. The summed E-state index contributed by atoms with van der Waals surface area (Å²) >= 11 is 0. The molecule has 0 saturated heterocycles. The van der Waals surface area contributed by atoms with Crippen molar-refractivity contribution >= 4 is 63.2 Å². The molecule has 0 fully saturated rings. The first-order chi connectivity index (χ1) is 24.3. The number of nitrogens with zero attached hydrogens (tertiary/aromatic N) is 4. The van der Waals surface area contributed by atoms with E-state index in [-0.39, 0.29) is 18.6 Å². The Bertz CT molecular complexity index is 2520. The number of para-hydroxylation sites is 1. The molecule has 1 aromatic carbocycles. The maximum absolute atomic E-state index is 13.0. The number of aliphatic hydroxyl groups is 1. The molecular weight excluding hydrogens is 628 g/mol. The van der Waals surface area contributed by atoms with Gasteiger partial charge in [-0.3, -0.25) is 4.79 Å². The molecule has 9 heterocycles. The second kappa shape index (κ2) is 11.4. The molecule has 10 nitrogen and oxygen atoms in total. The summed E-state index contributed by atoms with van der Waals surface area (Å²) in [5, 5.41) is 11.8. The van der Waals surface area contributed by atoms with Gasteiger partial charge in [-0.15, -0.1) is 0 Å². The summed E-state index contributed by atoms with van der Waals surface area (Å²) < 4.78 is 6.72. The summed E-state index contributed by atoms with van der Waals surface area (Å²) in [5.74, 6) is -0.707. The Morgan fingerprint density at radius 3 is 1.88 bits per heavy atom. The standard InChI is InChI=1S/C20H14N4.C20H16N2O4/c1-2-14-10-16-5-6-18(23-16)12-20-8-7-19(24-20)11-17-4-3-15(22-17)9-13(1)21-14;1-2-20(25)14-8-16-17-12(7-11-5-3-4-6-15(11)21-17)9-22(16)18(23)13(14)10-26-19(20)24/h1-12,21,24H;3-8,25H,2,9-10H2,1H3. The number of carbonyl (C=O) groups excluding carboxylic acids is 1. The van der Waals surface area contributed by atoms with Crippen molar-refractivity contribution in [1.82, 2.24) is 29.5 Å². The van der Waals surface area contributed by atoms with Gasteiger partial charge in [-0.05, 0) is 97.5 Å². The van der Waals surface area contributed by atoms with E-state index >= 15 is 0 Å². The number of hydrogen-bond donors (Lipinski definition) is 3. The monoisotopic (exact) mass is 658 g/mol. The fourth-order valence-corrected chi connectivity index (χ4v) is 6.87. The summed E-state index contributed by atoms with van der Waals surface area (Å²) in [7, 11) is 0. The number of hydrogen-bond acceptors (Lipinski definition) is 7. The molecule has 1 unspecified atom stereocenters. The van der Waals surface area contributed by atoms with Crippen LogP contribution in [0.5, 0.6) is 0 Å². The molecule has 6 aromatic rings. The third-order valence-electron chi connectivity index (χ3n) is 9.46. The van der Waals surface area contributed by atoms with E-state index in [1.165, 1.54) is 0 Å². The number of aromatic amines is 2. The zero-order valence-electron chi connectivity index (χ0n) is 27.0. The third-order valence-corrected chi connectivity index (χ3v) is 9.46. The Balaban J connectivity index is 0.000000135. The fraction of sp³-hybridized carbons (Fsp3) is 0.125. The van der Waals surface area contributed by atoms with Gasteiger partial charge in [-0.25, -0.2) is 19.7 Å². The Morgan fingerprint density at radius 1 is 0.760 bits per heavy atom. The molecule has 10 heteroatoms. The number of H-pyrrole nitrogens is 2. The van der Waals surface area contributed by atoms with E-state index in [4.69, 9.17) is 9.72 Å². The minimum Gasteiger partial charge on any atom is -0.458 e. The molecule has 50 heavy (non-hydrogen) atoms. The molecule has 0 radical (unpaired) electrons. The number of carbonyl (C=O) groups is 1. The lowest BCUT2D eigenvalue weighted by atomic mass is 9.86. The molecule has 4 aliphatic rings. The van der Waals surface area contributed by atoms with E-state index in [9.17, 15) is 14.7 Å². The number of esters is 1. The summed E-state index contributed by atoms with van der Waals surface area (Å²) in [6, 6.07) is 27.9. The number of nitrogens with one attached hydrogen (secondary N) is 2. The van der Waals surface area contributed by atoms with Crippen LogP contribution in [0.25, 0.3) is 68.7 Å². The van der Waals surface area contributed by atoms with Crippen molar-refractivity contribution in [2.45, 2.75) is 32.1 Å². The second-order valence-corrected chi connectivity index (χ2v) is 12.7. The molecule has 1 atom stereocenters. The highest BCUT2D eigenvalue weighted by molar-refractivity contribution is 5.86. The zero-order valence-corrected chi connectivity index (χ0v) is 27.0. The van der Waals surface area contributed by atoms with Gasteiger partial charge in [0.25, 0.3) is 5.56 Å². The number of pyridine rings is 2. The number of ether oxygens (including phenoxy) is 1. The van der Waals surface area contributed by atoms with Crippen LogP contribution in [0.15, 0.2) is 89.7 Å². The smallest absolute Gasteiger partial charge is 0.343 e. The van der Waals surface area contributed by atoms with Gasteiger partial charge in [0.15, 0.2) is 5.60 Å². The molecule has 244 valence electrons. The maximum Gasteiger partial charge on any atom is 0.343 e. The molecular formula is C40H30N6O4. The first kappa shape index (κ1) is 29.7. The lowest BCUT2D eigenvalue weighted by Crippen LogP contribution is -2.44. The van der Waals surface area contributed by atoms with Crippen LogP contribution >= 0.6 is 0 Å². The van der Waals surface area contributed by atoms with Crippen LogP contribution in [0.3, 0.4) is 0 Å². The molecule has 8 bridgehead atoms. The van der Waals surface area contributed by atoms with Gasteiger partial charge in [0, 0.05) is 38.6 Å². The SMILES string of the molecule is C1=Cc2cc3ccc(cc4nc(cc5ccc(cc1n2)[nH]5)C=C4)[nH]3.CCC1(O)C(=O)OCc2c1cc1n(c2=O)Cc2cc3ccccc3nc2-1. The van der Waals surface area contributed by atoms with Crippen molar-refractivity contribution in [1.29, 1.82) is 0 Å². The summed E-state index contributed by atoms with van der Waals surface area (Å²) in [5.41, 5.74) is 9.67. The van der Waals surface area contributed by atoms with Crippen LogP contribution in [-0.4, -0.2) is 40.6 Å². The van der Waals surface area contributed by atoms with E-state index in [2.05, 4.69) is 44.2 Å². The normalized spacial score (nSPS) is 16.7. The Morgan fingerprint density at radius 2 is 1.32 bits per heavy atom. The topological polar surface area (TPSA) is 139 Å². The predicted octanol–water partition coefficient (Wildman–Crippen LogP) is 6.74. The van der Waals surface area contributed by atoms with E-state index in [0.29, 0.717) is 23.4 Å². The first-order valence-corrected chi connectivity index (χ1v) is 16.4. The van der Waals surface area contributed by atoms with Crippen molar-refractivity contribution in [2.75, 3.05) is 0 Å². The average molecular weight is 659 g/mol. The van der Waals surface area contributed by atoms with Gasteiger partial charge >= 0.3 is 5.97 Å². The molecule has 3 N–H and O–H groups in total. The lowest BCUT2D eigenvalue weighted by Gasteiger charge is -2.31. The second-order valence-electron chi connectivity index (χ2n) is 12.7. The number of rotatable bonds is 1. The van der Waals surface area contributed by atoms with E-state index < -0.39 is 11.6 Å². The minimum absolute atomic E-state index is 0.110. The molecule has 4 aliphatic heterocycles. The van der Waals surface area contributed by atoms with Crippen LogP contribution in [0.4, 0.5) is 0 Å². The first-order valence-electron chi connectivity index (χ1n) is 16.4. The Labute approximate surface area is 285 Å². The number of aromatic nitrogens is 6. The minimum atomic E-state index is -1.79. The average Bonchev–Trinajstić information content (AvgIpc) is 3.97. The highest BCUT2D eigenvalue weighted by Gasteiger charge is 2.45. The van der Waals surface area contributed by atoms with Crippen molar-refractivity contribution < 1.29 is 14.6 Å². The zero-order chi connectivity index (χ0) is 34.0. The molecule has 0 amide bonds. The van der Waals surface area contributed by atoms with Gasteiger partial charge in [-0.2, -0.15) is 0 Å². The molecule has 0 saturated carbocycles. The van der Waals surface area contributed by atoms with Crippen molar-refractivity contribution in [2.24, 2.45) is 0 Å². The highest BCUT2D eigenvalue weighted by Crippen LogP contribution is 2.38. The summed E-state index contributed by atoms with van der Waals surface area (Å²) in [4.78, 5) is 45.9. The number of fused-ring (bicyclic) bond motifs is 13. The summed E-state index contributed by atoms with van der Waals surface area (Å²) in [6.45, 7) is 2.01. The van der Waals surface area contributed by atoms with Crippen LogP contribution in [-0.2, 0) is 28.3 Å². The van der Waals surface area contributed by atoms with Crippen molar-refractivity contribution in [3.8, 4) is 11.4 Å². The fourth-order valence-electron chi connectivity index (χ4n) is 6.87. The quantitative estimate of drug-likeness (QED) is 0.166. The largest absolute Gasteiger partial charge is 0.458 e. The van der Waals surface area contributed by atoms with E-state index in [0.717, 1.165) is 67.0 Å². The van der Waals surface area contributed by atoms with Gasteiger partial charge in [0.1, 0.15) is 6.61 Å². The number of cyclic esters (lactones) is 1. The molecule has 0 aliphatic carbocycles. The number of benzene rings is 1. The Kier molecular flexibility index (Phi) is 6.75. The van der Waals surface area contributed by atoms with Gasteiger partial charge in [-0.1, -0.05) is 25.1 Å². The van der Waals surface area contributed by atoms with Gasteiger partial charge < -0.3 is 24.4 Å². The van der Waals surface area contributed by atoms with Gasteiger partial charge in [0.2, 0.25) is 0 Å². The molecule has 10 rings (SSSR count). The predicted molar refractivity (Wildman–Crippen MR) is 193 cm³/mol. The van der Waals surface area contributed by atoms with E-state index in [1.807, 2.05) is 78.9 Å². The van der Waals surface area contributed by atoms with Gasteiger partial charge in [0.05, 0.1) is 51.8 Å². The van der Waals surface area contributed by atoms with Crippen LogP contribution in [0.2, 0.25) is 0 Å². The van der Waals surface area contributed by atoms with Crippen molar-refractivity contribution in [3.63, 3.8) is 0 Å². The van der Waals surface area contributed by atoms with Crippen LogP contribution in [0.1, 0.15) is 52.8 Å². The third kappa shape index (κ3) is 5.05. The maximum atomic E-state index is 13.0. The summed E-state index contributed by atoms with van der Waals surface area (Å²) in [6.07, 6.45) is 8.23. The van der Waals surface area contributed by atoms with Crippen LogP contribution in [0, 0.1) is 0 Å². The molecule has 5 aromatic heterocycles. The molecule has 0 spiro atoms. The van der Waals surface area contributed by atoms with Crippen molar-refractivity contribution in [3.05, 3.63) is 135 Å². The van der Waals surface area contributed by atoms with Crippen LogP contribution < -0.4 is 5.56 Å².